The highest BCUT2D eigenvalue weighted by Crippen LogP contribution is 2.35. The van der Waals surface area contributed by atoms with Crippen LogP contribution in [0, 0.1) is 10.7 Å². The number of thioether (sulfide) groups is 1. The maximum absolute atomic E-state index is 10.7. The number of rotatable bonds is 3. The molecule has 0 unspecified atom stereocenters. The summed E-state index contributed by atoms with van der Waals surface area (Å²) >= 11 is 0.675. The highest BCUT2D eigenvalue weighted by Gasteiger charge is 2.16. The molecule has 0 aromatic heterocycles. The summed E-state index contributed by atoms with van der Waals surface area (Å²) in [7, 11) is 1.37. The van der Waals surface area contributed by atoms with Gasteiger partial charge in [-0.3, -0.25) is 0 Å². The van der Waals surface area contributed by atoms with Gasteiger partial charge in [-0.1, -0.05) is 0 Å². The molecular formula is C9H7NO4S. The monoisotopic (exact) mass is 225 g/mol. The number of carbonyl (C=O) groups is 1. The second-order valence-electron chi connectivity index (χ2n) is 2.52. The topological polar surface area (TPSA) is 90.5 Å². The van der Waals surface area contributed by atoms with Crippen LogP contribution in [0.15, 0.2) is 17.0 Å². The third-order valence-corrected chi connectivity index (χ3v) is 2.29. The highest BCUT2D eigenvalue weighted by molar-refractivity contribution is 8.03. The minimum absolute atomic E-state index is 0.161. The molecule has 78 valence electrons. The van der Waals surface area contributed by atoms with Crippen LogP contribution in [0.2, 0.25) is 0 Å². The van der Waals surface area contributed by atoms with Crippen LogP contribution in [0.5, 0.6) is 11.5 Å². The van der Waals surface area contributed by atoms with E-state index in [0.717, 1.165) is 0 Å². The van der Waals surface area contributed by atoms with E-state index in [1.807, 2.05) is 0 Å². The minimum atomic E-state index is -1.27. The van der Waals surface area contributed by atoms with E-state index in [9.17, 15) is 9.90 Å². The quantitative estimate of drug-likeness (QED) is 0.600. The molecule has 6 heteroatoms. The summed E-state index contributed by atoms with van der Waals surface area (Å²) in [5.74, 6) is -1.41. The number of methoxy groups -OCH3 is 1. The Bertz CT molecular complexity index is 438. The van der Waals surface area contributed by atoms with Crippen LogP contribution < -0.4 is 4.74 Å². The van der Waals surface area contributed by atoms with Crippen LogP contribution in [0.4, 0.5) is 0 Å². The van der Waals surface area contributed by atoms with Gasteiger partial charge in [0.2, 0.25) is 0 Å². The van der Waals surface area contributed by atoms with Gasteiger partial charge in [0.05, 0.1) is 12.0 Å². The van der Waals surface area contributed by atoms with Gasteiger partial charge in [0.1, 0.15) is 22.5 Å². The maximum Gasteiger partial charge on any atom is 0.339 e. The molecule has 1 aromatic carbocycles. The summed E-state index contributed by atoms with van der Waals surface area (Å²) in [6.07, 6.45) is 0. The van der Waals surface area contributed by atoms with Gasteiger partial charge in [-0.25, -0.2) is 4.79 Å². The number of thiocyanates is 1. The Morgan fingerprint density at radius 1 is 1.60 bits per heavy atom. The molecule has 1 rings (SSSR count). The summed E-state index contributed by atoms with van der Waals surface area (Å²) in [4.78, 5) is 10.9. The van der Waals surface area contributed by atoms with E-state index < -0.39 is 11.7 Å². The fourth-order valence-electron chi connectivity index (χ4n) is 0.990. The number of benzene rings is 1. The van der Waals surface area contributed by atoms with Crippen molar-refractivity contribution in [1.29, 1.82) is 5.26 Å². The first-order chi connectivity index (χ1) is 7.10. The molecule has 0 aliphatic carbocycles. The van der Waals surface area contributed by atoms with Crippen molar-refractivity contribution >= 4 is 17.7 Å². The Hall–Kier alpha value is -1.87. The van der Waals surface area contributed by atoms with E-state index in [1.165, 1.54) is 19.2 Å². The molecule has 0 aliphatic heterocycles. The molecule has 0 aliphatic rings. The molecule has 15 heavy (non-hydrogen) atoms. The first kappa shape index (κ1) is 11.2. The Morgan fingerprint density at radius 2 is 2.27 bits per heavy atom. The number of nitriles is 1. The maximum atomic E-state index is 10.7. The zero-order valence-electron chi connectivity index (χ0n) is 7.72. The van der Waals surface area contributed by atoms with Crippen LogP contribution in [0.25, 0.3) is 0 Å². The van der Waals surface area contributed by atoms with Gasteiger partial charge in [-0.2, -0.15) is 5.26 Å². The second-order valence-corrected chi connectivity index (χ2v) is 3.35. The molecule has 0 spiro atoms. The first-order valence-electron chi connectivity index (χ1n) is 3.80. The van der Waals surface area contributed by atoms with Crippen molar-refractivity contribution in [3.8, 4) is 16.9 Å². The minimum Gasteiger partial charge on any atom is -0.506 e. The standard InChI is InChI=1S/C9H7NO4S/c1-14-5-2-6(9(12)13)8(11)7(3-5)15-4-10/h2-3,11H,1H3,(H,12,13). The number of ether oxygens (including phenoxy) is 1. The molecule has 0 saturated heterocycles. The normalized spacial score (nSPS) is 9.33. The van der Waals surface area contributed by atoms with Crippen LogP contribution in [0.3, 0.4) is 0 Å². The Kier molecular flexibility index (Phi) is 3.42. The summed E-state index contributed by atoms with van der Waals surface area (Å²) in [5, 5.41) is 28.5. The number of aromatic hydroxyl groups is 1. The predicted molar refractivity (Wildman–Crippen MR) is 53.1 cm³/mol. The van der Waals surface area contributed by atoms with Crippen molar-refractivity contribution in [3.05, 3.63) is 17.7 Å². The molecule has 0 bridgehead atoms. The third-order valence-electron chi connectivity index (χ3n) is 1.67. The molecule has 0 amide bonds. The lowest BCUT2D eigenvalue weighted by Gasteiger charge is -2.06. The first-order valence-corrected chi connectivity index (χ1v) is 4.62. The van der Waals surface area contributed by atoms with E-state index >= 15 is 0 Å². The third kappa shape index (κ3) is 2.33. The number of carboxylic acid groups (broad SMARTS) is 1. The smallest absolute Gasteiger partial charge is 0.339 e. The molecule has 0 atom stereocenters. The summed E-state index contributed by atoms with van der Waals surface area (Å²) < 4.78 is 4.85. The molecule has 0 fully saturated rings. The molecule has 2 N–H and O–H groups in total. The lowest BCUT2D eigenvalue weighted by Crippen LogP contribution is -1.98. The Morgan fingerprint density at radius 3 is 2.73 bits per heavy atom. The fraction of sp³-hybridized carbons (Fsp3) is 0.111. The summed E-state index contributed by atoms with van der Waals surface area (Å²) in [5.41, 5.74) is -0.285. The molecular weight excluding hydrogens is 218 g/mol. The van der Waals surface area contributed by atoms with E-state index in [0.29, 0.717) is 11.8 Å². The van der Waals surface area contributed by atoms with E-state index in [-0.39, 0.29) is 16.2 Å². The van der Waals surface area contributed by atoms with Crippen molar-refractivity contribution in [2.45, 2.75) is 4.90 Å². The van der Waals surface area contributed by atoms with Crippen molar-refractivity contribution in [3.63, 3.8) is 0 Å². The van der Waals surface area contributed by atoms with Crippen molar-refractivity contribution < 1.29 is 19.7 Å². The van der Waals surface area contributed by atoms with Gasteiger partial charge < -0.3 is 14.9 Å². The second kappa shape index (κ2) is 4.57. The average molecular weight is 225 g/mol. The lowest BCUT2D eigenvalue weighted by atomic mass is 10.2. The Balaban J connectivity index is 3.34. The number of carboxylic acids is 1. The number of hydrogen-bond donors (Lipinski definition) is 2. The van der Waals surface area contributed by atoms with Crippen LogP contribution in [-0.2, 0) is 0 Å². The molecule has 5 nitrogen and oxygen atoms in total. The molecule has 0 heterocycles. The lowest BCUT2D eigenvalue weighted by molar-refractivity contribution is 0.0692. The zero-order valence-corrected chi connectivity index (χ0v) is 8.54. The van der Waals surface area contributed by atoms with Gasteiger partial charge in [0, 0.05) is 0 Å². The van der Waals surface area contributed by atoms with Crippen molar-refractivity contribution in [2.75, 3.05) is 7.11 Å². The molecule has 1 aromatic rings. The van der Waals surface area contributed by atoms with E-state index in [2.05, 4.69) is 0 Å². The fourth-order valence-corrected chi connectivity index (χ4v) is 1.47. The number of aromatic carboxylic acids is 1. The number of hydrogen-bond acceptors (Lipinski definition) is 5. The van der Waals surface area contributed by atoms with Gasteiger partial charge in [-0.05, 0) is 23.9 Å². The van der Waals surface area contributed by atoms with Crippen LogP contribution >= 0.6 is 11.8 Å². The van der Waals surface area contributed by atoms with Gasteiger partial charge in [-0.15, -0.1) is 0 Å². The van der Waals surface area contributed by atoms with Crippen LogP contribution in [0.1, 0.15) is 10.4 Å². The SMILES string of the molecule is COc1cc(SC#N)c(O)c(C(=O)O)c1. The Labute approximate surface area is 89.9 Å². The van der Waals surface area contributed by atoms with E-state index in [1.54, 1.807) is 5.40 Å². The van der Waals surface area contributed by atoms with Gasteiger partial charge >= 0.3 is 5.97 Å². The van der Waals surface area contributed by atoms with Gasteiger partial charge in [0.15, 0.2) is 0 Å². The predicted octanol–water partition coefficient (Wildman–Crippen LogP) is 1.67. The van der Waals surface area contributed by atoms with Crippen LogP contribution in [-0.4, -0.2) is 23.3 Å². The molecule has 0 radical (unpaired) electrons. The zero-order chi connectivity index (χ0) is 11.4. The van der Waals surface area contributed by atoms with Crippen molar-refractivity contribution in [2.24, 2.45) is 0 Å². The average Bonchev–Trinajstić information content (AvgIpc) is 2.21. The summed E-state index contributed by atoms with van der Waals surface area (Å²) in [6, 6.07) is 2.59. The van der Waals surface area contributed by atoms with E-state index in [4.69, 9.17) is 15.1 Å². The number of nitrogens with zero attached hydrogens (tertiary/aromatic N) is 1. The largest absolute Gasteiger partial charge is 0.506 e. The molecule has 0 saturated carbocycles. The van der Waals surface area contributed by atoms with Crippen molar-refractivity contribution in [1.82, 2.24) is 0 Å². The highest BCUT2D eigenvalue weighted by atomic mass is 32.2. The summed E-state index contributed by atoms with van der Waals surface area (Å²) in [6.45, 7) is 0. The number of phenols is 1. The van der Waals surface area contributed by atoms with Gasteiger partial charge in [0.25, 0.3) is 0 Å².